The van der Waals surface area contributed by atoms with Crippen LogP contribution in [0.5, 0.6) is 0 Å². The molecular weight excluding hydrogens is 656 g/mol. The quantitative estimate of drug-likeness (QED) is 0.134. The molecule has 2 saturated heterocycles. The Labute approximate surface area is 298 Å². The number of hydrogen-bond donors (Lipinski definition) is 6. The number of H-pyrrole nitrogens is 1. The number of piperazine rings is 2. The summed E-state index contributed by atoms with van der Waals surface area (Å²) in [6, 6.07) is 7.20. The van der Waals surface area contributed by atoms with Crippen LogP contribution < -0.4 is 16.8 Å². The SMILES string of the molecule is NC(N)=Nc1ccc(CNC(=O)N2CCN(C(=O)O)C3(C2)C2CCCC3CCC2)cc1.O=C(O)N1CCN(C(=O)CCCCc2cnc[nH]2)CC1. The van der Waals surface area contributed by atoms with Crippen LogP contribution in [-0.2, 0) is 17.8 Å². The van der Waals surface area contributed by atoms with E-state index in [-0.39, 0.29) is 17.9 Å². The number of aliphatic imine (C=N–C) groups is 1. The summed E-state index contributed by atoms with van der Waals surface area (Å²) in [5.41, 5.74) is 13.0. The lowest BCUT2D eigenvalue weighted by atomic mass is 9.58. The second-order valence-corrected chi connectivity index (χ2v) is 13.9. The van der Waals surface area contributed by atoms with Crippen molar-refractivity contribution in [1.82, 2.24) is 34.9 Å². The molecule has 2 aliphatic heterocycles. The van der Waals surface area contributed by atoms with Crippen LogP contribution in [0.15, 0.2) is 41.8 Å². The number of aromatic amines is 1. The molecule has 8 N–H and O–H groups in total. The molecule has 16 heteroatoms. The van der Waals surface area contributed by atoms with E-state index in [0.29, 0.717) is 76.3 Å². The number of carbonyl (C=O) groups excluding carboxylic acids is 2. The number of aryl methyl sites for hydroxylation is 1. The van der Waals surface area contributed by atoms with Crippen LogP contribution in [0.25, 0.3) is 0 Å². The van der Waals surface area contributed by atoms with Crippen molar-refractivity contribution in [3.05, 3.63) is 48.0 Å². The summed E-state index contributed by atoms with van der Waals surface area (Å²) in [5.74, 6) is 0.812. The molecule has 4 aliphatic rings. The highest BCUT2D eigenvalue weighted by molar-refractivity contribution is 5.79. The number of hydrogen-bond acceptors (Lipinski definition) is 6. The van der Waals surface area contributed by atoms with Gasteiger partial charge in [0.05, 0.1) is 17.6 Å². The average Bonchev–Trinajstić information content (AvgIpc) is 3.63. The molecule has 5 amide bonds. The normalized spacial score (nSPS) is 22.8. The Bertz CT molecular complexity index is 1480. The van der Waals surface area contributed by atoms with Crippen molar-refractivity contribution in [3.8, 4) is 0 Å². The molecule has 3 heterocycles. The molecule has 2 aliphatic carbocycles. The van der Waals surface area contributed by atoms with E-state index in [1.807, 2.05) is 17.0 Å². The summed E-state index contributed by atoms with van der Waals surface area (Å²) < 4.78 is 0. The van der Waals surface area contributed by atoms with Gasteiger partial charge in [-0.2, -0.15) is 0 Å². The van der Waals surface area contributed by atoms with Crippen LogP contribution in [-0.4, -0.2) is 121 Å². The van der Waals surface area contributed by atoms with Gasteiger partial charge in [0.2, 0.25) is 5.91 Å². The fourth-order valence-corrected chi connectivity index (χ4v) is 8.33. The van der Waals surface area contributed by atoms with Crippen LogP contribution in [0.4, 0.5) is 20.1 Å². The number of imidazole rings is 1. The Hall–Kier alpha value is -5.02. The maximum Gasteiger partial charge on any atom is 0.407 e. The van der Waals surface area contributed by atoms with Gasteiger partial charge in [-0.1, -0.05) is 25.0 Å². The lowest BCUT2D eigenvalue weighted by Crippen LogP contribution is -2.72. The van der Waals surface area contributed by atoms with E-state index in [9.17, 15) is 24.3 Å². The molecule has 2 aromatic rings. The number of carboxylic acid groups (broad SMARTS) is 2. The van der Waals surface area contributed by atoms with Gasteiger partial charge in [-0.25, -0.2) is 24.4 Å². The zero-order valence-electron chi connectivity index (χ0n) is 29.2. The van der Waals surface area contributed by atoms with Gasteiger partial charge >= 0.3 is 18.2 Å². The molecule has 278 valence electrons. The monoisotopic (exact) mass is 708 g/mol. The molecule has 1 spiro atoms. The van der Waals surface area contributed by atoms with Gasteiger partial charge < -0.3 is 46.7 Å². The molecule has 2 saturated carbocycles. The predicted octanol–water partition coefficient (Wildman–Crippen LogP) is 3.38. The van der Waals surface area contributed by atoms with E-state index in [0.717, 1.165) is 69.0 Å². The molecule has 51 heavy (non-hydrogen) atoms. The zero-order valence-corrected chi connectivity index (χ0v) is 29.2. The topological polar surface area (TPSA) is 227 Å². The van der Waals surface area contributed by atoms with Crippen molar-refractivity contribution < 1.29 is 29.4 Å². The largest absolute Gasteiger partial charge is 0.465 e. The molecule has 0 unspecified atom stereocenters. The Balaban J connectivity index is 0.000000218. The minimum Gasteiger partial charge on any atom is -0.465 e. The number of aromatic nitrogens is 2. The summed E-state index contributed by atoms with van der Waals surface area (Å²) in [6.07, 6.45) is 11.5. The molecule has 1 aromatic carbocycles. The minimum atomic E-state index is -0.906. The third-order valence-corrected chi connectivity index (χ3v) is 10.9. The Morgan fingerprint density at radius 2 is 1.49 bits per heavy atom. The molecule has 2 bridgehead atoms. The second-order valence-electron chi connectivity index (χ2n) is 13.9. The second kappa shape index (κ2) is 17.3. The minimum absolute atomic E-state index is 0.00275. The smallest absolute Gasteiger partial charge is 0.407 e. The maximum atomic E-state index is 13.0. The van der Waals surface area contributed by atoms with Gasteiger partial charge in [0.25, 0.3) is 0 Å². The maximum absolute atomic E-state index is 13.0. The predicted molar refractivity (Wildman–Crippen MR) is 190 cm³/mol. The van der Waals surface area contributed by atoms with Gasteiger partial charge in [-0.05, 0) is 74.5 Å². The number of nitrogens with one attached hydrogen (secondary N) is 2. The van der Waals surface area contributed by atoms with Crippen LogP contribution >= 0.6 is 0 Å². The van der Waals surface area contributed by atoms with Crippen LogP contribution in [0.2, 0.25) is 0 Å². The van der Waals surface area contributed by atoms with Crippen LogP contribution in [0, 0.1) is 11.8 Å². The number of nitrogens with two attached hydrogens (primary N) is 2. The highest BCUT2D eigenvalue weighted by Crippen LogP contribution is 2.52. The lowest BCUT2D eigenvalue weighted by molar-refractivity contribution is -0.132. The summed E-state index contributed by atoms with van der Waals surface area (Å²) in [5, 5.41) is 21.8. The number of guanidine groups is 1. The first kappa shape index (κ1) is 37.2. The standard InChI is InChI=1S/C22H32N6O3.C13H20N4O3/c23-19(24)26-18-9-7-15(8-10-18)13-25-20(29)27-11-12-28(21(30)31)22(14-27)16-3-1-4-17(22)6-2-5-16;18-12(4-2-1-3-11-9-14-10-15-11)16-5-7-17(8-6-16)13(19)20/h7-10,16-17H,1-6,11-14H2,(H,25,29)(H,30,31)(H4,23,24,26);9-10H,1-8H2,(H,14,15)(H,19,20). The van der Waals surface area contributed by atoms with Gasteiger partial charge in [-0.3, -0.25) is 9.69 Å². The van der Waals surface area contributed by atoms with Gasteiger partial charge in [-0.15, -0.1) is 0 Å². The number of nitrogens with zero attached hydrogens (tertiary/aromatic N) is 6. The van der Waals surface area contributed by atoms with Crippen molar-refractivity contribution in [2.75, 3.05) is 45.8 Å². The third kappa shape index (κ3) is 9.41. The van der Waals surface area contributed by atoms with E-state index >= 15 is 0 Å². The van der Waals surface area contributed by atoms with E-state index in [1.165, 1.54) is 4.90 Å². The first-order chi connectivity index (χ1) is 24.6. The number of urea groups is 1. The van der Waals surface area contributed by atoms with Gasteiger partial charge in [0, 0.05) is 70.7 Å². The van der Waals surface area contributed by atoms with Gasteiger partial charge in [0.1, 0.15) is 0 Å². The molecule has 4 fully saturated rings. The number of benzene rings is 1. The zero-order chi connectivity index (χ0) is 36.4. The molecule has 16 nitrogen and oxygen atoms in total. The highest BCUT2D eigenvalue weighted by Gasteiger charge is 2.57. The first-order valence-electron chi connectivity index (χ1n) is 18.0. The summed E-state index contributed by atoms with van der Waals surface area (Å²) in [7, 11) is 0. The van der Waals surface area contributed by atoms with E-state index in [2.05, 4.69) is 20.3 Å². The van der Waals surface area contributed by atoms with E-state index < -0.39 is 17.7 Å². The van der Waals surface area contributed by atoms with Crippen molar-refractivity contribution >= 4 is 35.8 Å². The summed E-state index contributed by atoms with van der Waals surface area (Å²) in [4.78, 5) is 65.4. The fraction of sp³-hybridized carbons (Fsp3) is 0.600. The fourth-order valence-electron chi connectivity index (χ4n) is 8.33. The van der Waals surface area contributed by atoms with Crippen molar-refractivity contribution in [2.24, 2.45) is 28.3 Å². The van der Waals surface area contributed by atoms with Gasteiger partial charge in [0.15, 0.2) is 5.96 Å². The Morgan fingerprint density at radius 3 is 2.06 bits per heavy atom. The van der Waals surface area contributed by atoms with Crippen molar-refractivity contribution in [2.45, 2.75) is 76.3 Å². The number of amides is 5. The first-order valence-corrected chi connectivity index (χ1v) is 18.0. The molecular formula is C35H52N10O6. The number of unbranched alkanes of at least 4 members (excludes halogenated alkanes) is 1. The van der Waals surface area contributed by atoms with E-state index in [4.69, 9.17) is 16.6 Å². The summed E-state index contributed by atoms with van der Waals surface area (Å²) in [6.45, 7) is 3.51. The van der Waals surface area contributed by atoms with Crippen LogP contribution in [0.1, 0.15) is 69.0 Å². The Kier molecular flexibility index (Phi) is 12.6. The number of carbonyl (C=O) groups is 4. The Morgan fingerprint density at radius 1 is 0.863 bits per heavy atom. The number of rotatable bonds is 8. The van der Waals surface area contributed by atoms with E-state index in [1.54, 1.807) is 34.5 Å². The van der Waals surface area contributed by atoms with Crippen molar-refractivity contribution in [3.63, 3.8) is 0 Å². The molecule has 1 aromatic heterocycles. The van der Waals surface area contributed by atoms with Crippen molar-refractivity contribution in [1.29, 1.82) is 0 Å². The average molecular weight is 709 g/mol. The molecule has 0 atom stereocenters. The molecule has 0 radical (unpaired) electrons. The molecule has 6 rings (SSSR count). The lowest BCUT2D eigenvalue weighted by Gasteiger charge is -2.61. The summed E-state index contributed by atoms with van der Waals surface area (Å²) >= 11 is 0. The van der Waals surface area contributed by atoms with Crippen LogP contribution in [0.3, 0.4) is 0 Å². The highest BCUT2D eigenvalue weighted by atomic mass is 16.4. The third-order valence-electron chi connectivity index (χ3n) is 10.9.